The van der Waals surface area contributed by atoms with Gasteiger partial charge in [-0.05, 0) is 38.8 Å². The SMILES string of the molecule is C1CCN(C2CCCCC23CCO3)CC1. The van der Waals surface area contributed by atoms with Gasteiger partial charge >= 0.3 is 0 Å². The van der Waals surface area contributed by atoms with E-state index in [0.717, 1.165) is 12.6 Å². The lowest BCUT2D eigenvalue weighted by molar-refractivity contribution is -0.204. The third-order valence-corrected chi connectivity index (χ3v) is 4.68. The Morgan fingerprint density at radius 2 is 1.73 bits per heavy atom. The summed E-state index contributed by atoms with van der Waals surface area (Å²) >= 11 is 0. The standard InChI is InChI=1S/C13H23NO/c1-4-9-14(10-5-1)12-6-2-3-7-13(12)8-11-15-13/h12H,1-11H2. The normalized spacial score (nSPS) is 42.8. The Morgan fingerprint density at radius 3 is 2.40 bits per heavy atom. The van der Waals surface area contributed by atoms with E-state index < -0.39 is 0 Å². The van der Waals surface area contributed by atoms with Crippen molar-refractivity contribution in [3.8, 4) is 0 Å². The highest BCUT2D eigenvalue weighted by molar-refractivity contribution is 5.02. The van der Waals surface area contributed by atoms with Crippen LogP contribution in [0.15, 0.2) is 0 Å². The van der Waals surface area contributed by atoms with Crippen molar-refractivity contribution in [2.75, 3.05) is 19.7 Å². The Morgan fingerprint density at radius 1 is 0.933 bits per heavy atom. The Kier molecular flexibility index (Phi) is 2.73. The second kappa shape index (κ2) is 4.06. The van der Waals surface area contributed by atoms with Gasteiger partial charge < -0.3 is 4.74 Å². The fourth-order valence-corrected chi connectivity index (χ4v) is 3.76. The van der Waals surface area contributed by atoms with E-state index in [1.54, 1.807) is 0 Å². The van der Waals surface area contributed by atoms with E-state index in [-0.39, 0.29) is 0 Å². The van der Waals surface area contributed by atoms with Crippen molar-refractivity contribution < 1.29 is 4.74 Å². The first kappa shape index (κ1) is 10.1. The summed E-state index contributed by atoms with van der Waals surface area (Å²) in [5.74, 6) is 0. The van der Waals surface area contributed by atoms with Gasteiger partial charge in [-0.3, -0.25) is 4.90 Å². The highest BCUT2D eigenvalue weighted by Gasteiger charge is 2.49. The average molecular weight is 209 g/mol. The van der Waals surface area contributed by atoms with Crippen molar-refractivity contribution in [1.82, 2.24) is 4.90 Å². The first-order valence-corrected chi connectivity index (χ1v) is 6.79. The van der Waals surface area contributed by atoms with E-state index in [4.69, 9.17) is 4.74 Å². The van der Waals surface area contributed by atoms with E-state index in [0.29, 0.717) is 5.60 Å². The van der Waals surface area contributed by atoms with E-state index in [9.17, 15) is 0 Å². The molecule has 0 bridgehead atoms. The van der Waals surface area contributed by atoms with Crippen LogP contribution in [0.1, 0.15) is 51.4 Å². The van der Waals surface area contributed by atoms with Crippen LogP contribution in [-0.2, 0) is 4.74 Å². The quantitative estimate of drug-likeness (QED) is 0.658. The van der Waals surface area contributed by atoms with E-state index in [2.05, 4.69) is 4.90 Å². The topological polar surface area (TPSA) is 12.5 Å². The van der Waals surface area contributed by atoms with Gasteiger partial charge in [0.1, 0.15) is 0 Å². The molecular formula is C13H23NO. The van der Waals surface area contributed by atoms with Gasteiger partial charge in [-0.1, -0.05) is 19.3 Å². The van der Waals surface area contributed by atoms with Gasteiger partial charge in [-0.2, -0.15) is 0 Å². The minimum Gasteiger partial charge on any atom is -0.373 e. The summed E-state index contributed by atoms with van der Waals surface area (Å²) in [6.45, 7) is 3.68. The molecule has 15 heavy (non-hydrogen) atoms. The van der Waals surface area contributed by atoms with Gasteiger partial charge in [0.25, 0.3) is 0 Å². The number of ether oxygens (including phenoxy) is 1. The van der Waals surface area contributed by atoms with Crippen LogP contribution in [0.4, 0.5) is 0 Å². The molecule has 2 saturated heterocycles. The molecule has 1 saturated carbocycles. The molecule has 1 spiro atoms. The molecule has 2 nitrogen and oxygen atoms in total. The molecule has 86 valence electrons. The van der Waals surface area contributed by atoms with Gasteiger partial charge in [0.05, 0.1) is 12.2 Å². The van der Waals surface area contributed by atoms with Gasteiger partial charge in [0.15, 0.2) is 0 Å². The summed E-state index contributed by atoms with van der Waals surface area (Å²) in [6.07, 6.45) is 11.1. The zero-order valence-corrected chi connectivity index (χ0v) is 9.71. The van der Waals surface area contributed by atoms with Crippen LogP contribution in [-0.4, -0.2) is 36.2 Å². The van der Waals surface area contributed by atoms with Crippen LogP contribution >= 0.6 is 0 Å². The minimum absolute atomic E-state index is 0.301. The predicted octanol–water partition coefficient (Wildman–Crippen LogP) is 2.57. The average Bonchev–Trinajstić information content (AvgIpc) is 2.28. The molecule has 0 radical (unpaired) electrons. The fraction of sp³-hybridized carbons (Fsp3) is 1.00. The molecule has 3 rings (SSSR count). The molecule has 3 fully saturated rings. The number of likely N-dealkylation sites (tertiary alicyclic amines) is 1. The third-order valence-electron chi connectivity index (χ3n) is 4.68. The lowest BCUT2D eigenvalue weighted by atomic mass is 9.74. The molecule has 2 unspecified atom stereocenters. The monoisotopic (exact) mass is 209 g/mol. The smallest absolute Gasteiger partial charge is 0.0858 e. The highest BCUT2D eigenvalue weighted by atomic mass is 16.5. The zero-order chi connectivity index (χ0) is 10.1. The Bertz CT molecular complexity index is 219. The molecule has 0 aromatic rings. The van der Waals surface area contributed by atoms with Crippen LogP contribution in [0.3, 0.4) is 0 Å². The van der Waals surface area contributed by atoms with Crippen molar-refractivity contribution in [2.45, 2.75) is 63.0 Å². The maximum absolute atomic E-state index is 5.98. The van der Waals surface area contributed by atoms with Crippen molar-refractivity contribution >= 4 is 0 Å². The second-order valence-electron chi connectivity index (χ2n) is 5.52. The van der Waals surface area contributed by atoms with E-state index in [1.165, 1.54) is 64.5 Å². The third kappa shape index (κ3) is 1.72. The van der Waals surface area contributed by atoms with E-state index >= 15 is 0 Å². The van der Waals surface area contributed by atoms with Crippen molar-refractivity contribution in [1.29, 1.82) is 0 Å². The Balaban J connectivity index is 1.70. The van der Waals surface area contributed by atoms with Crippen LogP contribution in [0.2, 0.25) is 0 Å². The molecule has 2 aliphatic heterocycles. The van der Waals surface area contributed by atoms with Crippen LogP contribution in [0.5, 0.6) is 0 Å². The molecule has 2 atom stereocenters. The summed E-state index contributed by atoms with van der Waals surface area (Å²) in [5.41, 5.74) is 0.301. The van der Waals surface area contributed by atoms with Gasteiger partial charge in [0, 0.05) is 12.5 Å². The predicted molar refractivity (Wildman–Crippen MR) is 61.0 cm³/mol. The Labute approximate surface area is 93.0 Å². The summed E-state index contributed by atoms with van der Waals surface area (Å²) < 4.78 is 5.98. The Hall–Kier alpha value is -0.0800. The molecule has 2 heteroatoms. The molecule has 0 amide bonds. The number of hydrogen-bond acceptors (Lipinski definition) is 2. The molecule has 0 aromatic carbocycles. The number of hydrogen-bond donors (Lipinski definition) is 0. The number of nitrogens with zero attached hydrogens (tertiary/aromatic N) is 1. The molecule has 0 aromatic heterocycles. The number of piperidine rings is 1. The van der Waals surface area contributed by atoms with Crippen LogP contribution in [0, 0.1) is 0 Å². The molecule has 3 aliphatic rings. The van der Waals surface area contributed by atoms with Gasteiger partial charge in [0.2, 0.25) is 0 Å². The summed E-state index contributed by atoms with van der Waals surface area (Å²) in [5, 5.41) is 0. The summed E-state index contributed by atoms with van der Waals surface area (Å²) in [6, 6.07) is 0.764. The first-order chi connectivity index (χ1) is 7.41. The van der Waals surface area contributed by atoms with Crippen molar-refractivity contribution in [2.24, 2.45) is 0 Å². The molecule has 1 aliphatic carbocycles. The maximum atomic E-state index is 5.98. The second-order valence-corrected chi connectivity index (χ2v) is 5.52. The maximum Gasteiger partial charge on any atom is 0.0858 e. The molecule has 0 N–H and O–H groups in total. The van der Waals surface area contributed by atoms with Crippen molar-refractivity contribution in [3.63, 3.8) is 0 Å². The van der Waals surface area contributed by atoms with Crippen LogP contribution in [0.25, 0.3) is 0 Å². The fourth-order valence-electron chi connectivity index (χ4n) is 3.76. The minimum atomic E-state index is 0.301. The largest absolute Gasteiger partial charge is 0.373 e. The zero-order valence-electron chi connectivity index (χ0n) is 9.71. The summed E-state index contributed by atoms with van der Waals surface area (Å²) in [4.78, 5) is 2.74. The lowest BCUT2D eigenvalue weighted by Gasteiger charge is -2.54. The molecular weight excluding hydrogens is 186 g/mol. The van der Waals surface area contributed by atoms with Gasteiger partial charge in [-0.25, -0.2) is 0 Å². The lowest BCUT2D eigenvalue weighted by Crippen LogP contribution is -2.62. The van der Waals surface area contributed by atoms with Gasteiger partial charge in [-0.15, -0.1) is 0 Å². The highest BCUT2D eigenvalue weighted by Crippen LogP contribution is 2.43. The molecule has 2 heterocycles. The van der Waals surface area contributed by atoms with E-state index in [1.807, 2.05) is 0 Å². The summed E-state index contributed by atoms with van der Waals surface area (Å²) in [7, 11) is 0. The van der Waals surface area contributed by atoms with Crippen molar-refractivity contribution in [3.05, 3.63) is 0 Å². The first-order valence-electron chi connectivity index (χ1n) is 6.79. The number of rotatable bonds is 1. The van der Waals surface area contributed by atoms with Crippen LogP contribution < -0.4 is 0 Å².